The molecule has 4 N–H and O–H groups in total. The standard InChI is InChI=1S/C16H14ClN3O3/c1-9-8-10(17)6-7-13(9)19-15(22)16(23)20-14(21)11-4-2-3-5-12(11)18/h2-8H,18H2,1H3,(H,19,22)(H,20,21,23). The number of anilines is 2. The molecule has 0 radical (unpaired) electrons. The molecule has 2 rings (SSSR count). The highest BCUT2D eigenvalue weighted by Crippen LogP contribution is 2.19. The molecule has 3 amide bonds. The van der Waals surface area contributed by atoms with Crippen molar-refractivity contribution in [3.8, 4) is 0 Å². The molecular weight excluding hydrogens is 318 g/mol. The third-order valence-electron chi connectivity index (χ3n) is 3.08. The summed E-state index contributed by atoms with van der Waals surface area (Å²) in [5.74, 6) is -2.78. The highest BCUT2D eigenvalue weighted by atomic mass is 35.5. The van der Waals surface area contributed by atoms with Crippen LogP contribution >= 0.6 is 11.6 Å². The number of hydrogen-bond acceptors (Lipinski definition) is 4. The molecule has 0 aromatic heterocycles. The summed E-state index contributed by atoms with van der Waals surface area (Å²) < 4.78 is 0. The summed E-state index contributed by atoms with van der Waals surface area (Å²) in [7, 11) is 0. The Labute approximate surface area is 137 Å². The molecule has 0 aliphatic carbocycles. The minimum atomic E-state index is -1.08. The number of amides is 3. The zero-order chi connectivity index (χ0) is 17.0. The lowest BCUT2D eigenvalue weighted by molar-refractivity contribution is -0.135. The van der Waals surface area contributed by atoms with Gasteiger partial charge in [-0.15, -0.1) is 0 Å². The summed E-state index contributed by atoms with van der Waals surface area (Å²) in [6.45, 7) is 1.73. The van der Waals surface area contributed by atoms with Gasteiger partial charge in [0.2, 0.25) is 0 Å². The van der Waals surface area contributed by atoms with Crippen molar-refractivity contribution in [3.63, 3.8) is 0 Å². The van der Waals surface area contributed by atoms with Crippen LogP contribution in [0.5, 0.6) is 0 Å². The topological polar surface area (TPSA) is 101 Å². The number of aryl methyl sites for hydroxylation is 1. The van der Waals surface area contributed by atoms with Crippen LogP contribution < -0.4 is 16.4 Å². The molecular formula is C16H14ClN3O3. The third-order valence-corrected chi connectivity index (χ3v) is 3.31. The van der Waals surface area contributed by atoms with Gasteiger partial charge in [0, 0.05) is 16.4 Å². The van der Waals surface area contributed by atoms with Gasteiger partial charge in [-0.25, -0.2) is 0 Å². The first-order valence-electron chi connectivity index (χ1n) is 6.66. The molecule has 0 heterocycles. The molecule has 0 saturated heterocycles. The lowest BCUT2D eigenvalue weighted by Crippen LogP contribution is -2.39. The summed E-state index contributed by atoms with van der Waals surface area (Å²) in [5, 5.41) is 4.92. The molecule has 6 nitrogen and oxygen atoms in total. The van der Waals surface area contributed by atoms with E-state index in [0.717, 1.165) is 0 Å². The number of nitrogens with two attached hydrogens (primary N) is 1. The van der Waals surface area contributed by atoms with E-state index in [1.807, 2.05) is 5.32 Å². The van der Waals surface area contributed by atoms with Crippen LogP contribution in [0.3, 0.4) is 0 Å². The van der Waals surface area contributed by atoms with Gasteiger partial charge in [-0.1, -0.05) is 23.7 Å². The summed E-state index contributed by atoms with van der Waals surface area (Å²) >= 11 is 5.82. The molecule has 0 spiro atoms. The molecule has 0 saturated carbocycles. The highest BCUT2D eigenvalue weighted by molar-refractivity contribution is 6.42. The van der Waals surface area contributed by atoms with Crippen molar-refractivity contribution in [2.24, 2.45) is 0 Å². The van der Waals surface area contributed by atoms with E-state index in [9.17, 15) is 14.4 Å². The SMILES string of the molecule is Cc1cc(Cl)ccc1NC(=O)C(=O)NC(=O)c1ccccc1N. The first-order valence-corrected chi connectivity index (χ1v) is 7.03. The molecule has 2 aromatic carbocycles. The maximum Gasteiger partial charge on any atom is 0.316 e. The first kappa shape index (κ1) is 16.5. The normalized spacial score (nSPS) is 10.0. The number of para-hydroxylation sites is 1. The Bertz CT molecular complexity index is 790. The van der Waals surface area contributed by atoms with Crippen LogP contribution in [0.25, 0.3) is 0 Å². The monoisotopic (exact) mass is 331 g/mol. The number of nitrogen functional groups attached to an aromatic ring is 1. The van der Waals surface area contributed by atoms with Crippen molar-refractivity contribution in [1.82, 2.24) is 5.32 Å². The quantitative estimate of drug-likeness (QED) is 0.579. The van der Waals surface area contributed by atoms with Crippen LogP contribution in [-0.4, -0.2) is 17.7 Å². The average Bonchev–Trinajstić information content (AvgIpc) is 2.50. The number of imide groups is 1. The Morgan fingerprint density at radius 3 is 2.39 bits per heavy atom. The highest BCUT2D eigenvalue weighted by Gasteiger charge is 2.19. The van der Waals surface area contributed by atoms with E-state index in [0.29, 0.717) is 16.3 Å². The van der Waals surface area contributed by atoms with Gasteiger partial charge in [-0.3, -0.25) is 19.7 Å². The minimum Gasteiger partial charge on any atom is -0.398 e. The van der Waals surface area contributed by atoms with E-state index < -0.39 is 17.7 Å². The molecule has 0 fully saturated rings. The Balaban J connectivity index is 2.04. The van der Waals surface area contributed by atoms with Crippen molar-refractivity contribution in [3.05, 3.63) is 58.6 Å². The van der Waals surface area contributed by atoms with Gasteiger partial charge in [0.15, 0.2) is 0 Å². The fourth-order valence-electron chi connectivity index (χ4n) is 1.88. The van der Waals surface area contributed by atoms with Crippen molar-refractivity contribution in [2.75, 3.05) is 11.1 Å². The first-order chi connectivity index (χ1) is 10.9. The maximum atomic E-state index is 11.9. The van der Waals surface area contributed by atoms with E-state index in [1.165, 1.54) is 12.1 Å². The lowest BCUT2D eigenvalue weighted by Gasteiger charge is -2.09. The number of rotatable bonds is 2. The molecule has 23 heavy (non-hydrogen) atoms. The van der Waals surface area contributed by atoms with E-state index in [1.54, 1.807) is 37.3 Å². The van der Waals surface area contributed by atoms with Crippen LogP contribution in [0, 0.1) is 6.92 Å². The van der Waals surface area contributed by atoms with Crippen molar-refractivity contribution in [1.29, 1.82) is 0 Å². The predicted octanol–water partition coefficient (Wildman–Crippen LogP) is 2.13. The van der Waals surface area contributed by atoms with Gasteiger partial charge in [0.25, 0.3) is 5.91 Å². The predicted molar refractivity (Wildman–Crippen MR) is 88.1 cm³/mol. The molecule has 0 bridgehead atoms. The van der Waals surface area contributed by atoms with Crippen molar-refractivity contribution < 1.29 is 14.4 Å². The van der Waals surface area contributed by atoms with Gasteiger partial charge in [0.05, 0.1) is 5.56 Å². The van der Waals surface area contributed by atoms with Gasteiger partial charge in [-0.2, -0.15) is 0 Å². The summed E-state index contributed by atoms with van der Waals surface area (Å²) in [6.07, 6.45) is 0. The van der Waals surface area contributed by atoms with Gasteiger partial charge in [0.1, 0.15) is 0 Å². The van der Waals surface area contributed by atoms with Crippen LogP contribution in [0.4, 0.5) is 11.4 Å². The molecule has 0 atom stereocenters. The maximum absolute atomic E-state index is 11.9. The van der Waals surface area contributed by atoms with Gasteiger partial charge in [-0.05, 0) is 42.8 Å². The molecule has 0 aliphatic rings. The number of carbonyl (C=O) groups is 3. The zero-order valence-corrected chi connectivity index (χ0v) is 13.0. The third kappa shape index (κ3) is 4.08. The van der Waals surface area contributed by atoms with Crippen LogP contribution in [0.1, 0.15) is 15.9 Å². The molecule has 7 heteroatoms. The fourth-order valence-corrected chi connectivity index (χ4v) is 2.10. The number of hydrogen-bond donors (Lipinski definition) is 3. The van der Waals surface area contributed by atoms with Gasteiger partial charge >= 0.3 is 11.8 Å². The van der Waals surface area contributed by atoms with Crippen LogP contribution in [0.2, 0.25) is 5.02 Å². The summed E-state index contributed by atoms with van der Waals surface area (Å²) in [5.41, 5.74) is 7.11. The Morgan fingerprint density at radius 1 is 1.04 bits per heavy atom. The second-order valence-corrected chi connectivity index (χ2v) is 5.22. The Morgan fingerprint density at radius 2 is 1.74 bits per heavy atom. The number of carbonyl (C=O) groups excluding carboxylic acids is 3. The number of halogens is 1. The van der Waals surface area contributed by atoms with Crippen molar-refractivity contribution in [2.45, 2.75) is 6.92 Å². The Hall–Kier alpha value is -2.86. The fraction of sp³-hybridized carbons (Fsp3) is 0.0625. The average molecular weight is 332 g/mol. The van der Waals surface area contributed by atoms with E-state index in [2.05, 4.69) is 5.32 Å². The number of nitrogens with one attached hydrogen (secondary N) is 2. The Kier molecular flexibility index (Phi) is 4.98. The molecule has 2 aromatic rings. The molecule has 118 valence electrons. The minimum absolute atomic E-state index is 0.122. The zero-order valence-electron chi connectivity index (χ0n) is 12.2. The van der Waals surface area contributed by atoms with Gasteiger partial charge < -0.3 is 11.1 Å². The van der Waals surface area contributed by atoms with E-state index in [-0.39, 0.29) is 11.3 Å². The lowest BCUT2D eigenvalue weighted by atomic mass is 10.1. The molecule has 0 aliphatic heterocycles. The van der Waals surface area contributed by atoms with Crippen LogP contribution in [-0.2, 0) is 9.59 Å². The van der Waals surface area contributed by atoms with E-state index in [4.69, 9.17) is 17.3 Å². The smallest absolute Gasteiger partial charge is 0.316 e. The van der Waals surface area contributed by atoms with Crippen LogP contribution in [0.15, 0.2) is 42.5 Å². The molecule has 0 unspecified atom stereocenters. The second-order valence-electron chi connectivity index (χ2n) is 4.78. The van der Waals surface area contributed by atoms with E-state index >= 15 is 0 Å². The summed E-state index contributed by atoms with van der Waals surface area (Å²) in [4.78, 5) is 35.6. The second kappa shape index (κ2) is 6.93. The largest absolute Gasteiger partial charge is 0.398 e. The number of benzene rings is 2. The summed E-state index contributed by atoms with van der Waals surface area (Å²) in [6, 6.07) is 11.0. The van der Waals surface area contributed by atoms with Crippen molar-refractivity contribution >= 4 is 40.7 Å².